The van der Waals surface area contributed by atoms with Crippen LogP contribution in [0.5, 0.6) is 0 Å². The smallest absolute Gasteiger partial charge is 0.305 e. The highest BCUT2D eigenvalue weighted by atomic mass is 16.5. The SMILES string of the molecule is CCCCCCCCCC(=O)OCCCCCc1ccccc1. The van der Waals surface area contributed by atoms with Gasteiger partial charge in [0.1, 0.15) is 0 Å². The second kappa shape index (κ2) is 14.3. The third-order valence-corrected chi connectivity index (χ3v) is 4.20. The van der Waals surface area contributed by atoms with Crippen LogP contribution >= 0.6 is 0 Å². The van der Waals surface area contributed by atoms with Gasteiger partial charge in [0.15, 0.2) is 0 Å². The van der Waals surface area contributed by atoms with Crippen molar-refractivity contribution in [3.8, 4) is 0 Å². The van der Waals surface area contributed by atoms with E-state index in [0.29, 0.717) is 13.0 Å². The molecule has 1 aromatic carbocycles. The van der Waals surface area contributed by atoms with E-state index in [1.54, 1.807) is 0 Å². The summed E-state index contributed by atoms with van der Waals surface area (Å²) >= 11 is 0. The molecule has 2 heteroatoms. The van der Waals surface area contributed by atoms with Gasteiger partial charge >= 0.3 is 5.97 Å². The molecule has 1 rings (SSSR count). The van der Waals surface area contributed by atoms with E-state index in [2.05, 4.69) is 31.2 Å². The van der Waals surface area contributed by atoms with E-state index in [1.807, 2.05) is 6.07 Å². The van der Waals surface area contributed by atoms with Crippen molar-refractivity contribution in [2.24, 2.45) is 0 Å². The lowest BCUT2D eigenvalue weighted by Gasteiger charge is -2.05. The second-order valence-electron chi connectivity index (χ2n) is 6.39. The lowest BCUT2D eigenvalue weighted by atomic mass is 10.1. The molecule has 1 aromatic rings. The zero-order valence-corrected chi connectivity index (χ0v) is 14.9. The Morgan fingerprint density at radius 1 is 0.826 bits per heavy atom. The first-order valence-corrected chi connectivity index (χ1v) is 9.52. The van der Waals surface area contributed by atoms with E-state index in [9.17, 15) is 4.79 Å². The Morgan fingerprint density at radius 3 is 2.22 bits per heavy atom. The summed E-state index contributed by atoms with van der Waals surface area (Å²) in [6.45, 7) is 2.82. The molecule has 23 heavy (non-hydrogen) atoms. The van der Waals surface area contributed by atoms with Gasteiger partial charge < -0.3 is 4.74 Å². The van der Waals surface area contributed by atoms with Gasteiger partial charge in [0.2, 0.25) is 0 Å². The summed E-state index contributed by atoms with van der Waals surface area (Å²) in [5.74, 6) is -0.0124. The Hall–Kier alpha value is -1.31. The summed E-state index contributed by atoms with van der Waals surface area (Å²) in [6.07, 6.45) is 13.7. The average Bonchev–Trinajstić information content (AvgIpc) is 2.58. The number of benzene rings is 1. The van der Waals surface area contributed by atoms with Gasteiger partial charge in [-0.2, -0.15) is 0 Å². The number of ether oxygens (including phenoxy) is 1. The van der Waals surface area contributed by atoms with Gasteiger partial charge in [0, 0.05) is 6.42 Å². The van der Waals surface area contributed by atoms with Crippen molar-refractivity contribution in [1.82, 2.24) is 0 Å². The molecule has 0 aliphatic rings. The lowest BCUT2D eigenvalue weighted by molar-refractivity contribution is -0.143. The van der Waals surface area contributed by atoms with Crippen LogP contribution in [0.4, 0.5) is 0 Å². The molecule has 0 saturated carbocycles. The first-order chi connectivity index (χ1) is 11.3. The van der Waals surface area contributed by atoms with E-state index in [-0.39, 0.29) is 5.97 Å². The van der Waals surface area contributed by atoms with Crippen LogP contribution in [-0.4, -0.2) is 12.6 Å². The molecule has 0 aliphatic heterocycles. The van der Waals surface area contributed by atoms with Gasteiger partial charge in [-0.1, -0.05) is 75.8 Å². The average molecular weight is 319 g/mol. The maximum atomic E-state index is 11.6. The van der Waals surface area contributed by atoms with Crippen LogP contribution in [0.3, 0.4) is 0 Å². The Labute approximate surface area is 142 Å². The molecule has 0 unspecified atom stereocenters. The number of aryl methyl sites for hydroxylation is 1. The van der Waals surface area contributed by atoms with Gasteiger partial charge in [-0.05, 0) is 37.7 Å². The fourth-order valence-electron chi connectivity index (χ4n) is 2.74. The normalized spacial score (nSPS) is 10.7. The minimum absolute atomic E-state index is 0.0124. The lowest BCUT2D eigenvalue weighted by Crippen LogP contribution is -2.05. The summed E-state index contributed by atoms with van der Waals surface area (Å²) in [6, 6.07) is 10.6. The van der Waals surface area contributed by atoms with Gasteiger partial charge in [-0.25, -0.2) is 0 Å². The summed E-state index contributed by atoms with van der Waals surface area (Å²) in [5, 5.41) is 0. The number of esters is 1. The van der Waals surface area contributed by atoms with Crippen LogP contribution in [-0.2, 0) is 16.0 Å². The fraction of sp³-hybridized carbons (Fsp3) is 0.667. The van der Waals surface area contributed by atoms with Crippen LogP contribution in [0.2, 0.25) is 0 Å². The van der Waals surface area contributed by atoms with Crippen molar-refractivity contribution in [3.63, 3.8) is 0 Å². The molecule has 0 saturated heterocycles. The van der Waals surface area contributed by atoms with E-state index >= 15 is 0 Å². The van der Waals surface area contributed by atoms with Crippen molar-refractivity contribution < 1.29 is 9.53 Å². The van der Waals surface area contributed by atoms with Gasteiger partial charge in [0.25, 0.3) is 0 Å². The van der Waals surface area contributed by atoms with E-state index in [0.717, 1.165) is 32.1 Å². The topological polar surface area (TPSA) is 26.3 Å². The van der Waals surface area contributed by atoms with Crippen molar-refractivity contribution in [2.45, 2.75) is 84.0 Å². The summed E-state index contributed by atoms with van der Waals surface area (Å²) in [7, 11) is 0. The molecule has 0 N–H and O–H groups in total. The van der Waals surface area contributed by atoms with Crippen LogP contribution in [0.15, 0.2) is 30.3 Å². The van der Waals surface area contributed by atoms with Crippen LogP contribution in [0, 0.1) is 0 Å². The molecule has 0 aromatic heterocycles. The Morgan fingerprint density at radius 2 is 1.48 bits per heavy atom. The quantitative estimate of drug-likeness (QED) is 0.307. The maximum absolute atomic E-state index is 11.6. The van der Waals surface area contributed by atoms with E-state index in [1.165, 1.54) is 44.1 Å². The molecule has 2 nitrogen and oxygen atoms in total. The standard InChI is InChI=1S/C21H34O2/c1-2-3-4-5-6-7-13-18-21(22)23-19-14-9-12-17-20-15-10-8-11-16-20/h8,10-11,15-16H,2-7,9,12-14,17-19H2,1H3. The molecule has 0 fully saturated rings. The van der Waals surface area contributed by atoms with Crippen molar-refractivity contribution in [1.29, 1.82) is 0 Å². The number of hydrogen-bond acceptors (Lipinski definition) is 2. The van der Waals surface area contributed by atoms with E-state index < -0.39 is 0 Å². The minimum atomic E-state index is -0.0124. The molecule has 0 aliphatic carbocycles. The maximum Gasteiger partial charge on any atom is 0.305 e. The summed E-state index contributed by atoms with van der Waals surface area (Å²) < 4.78 is 5.30. The number of hydrogen-bond donors (Lipinski definition) is 0. The second-order valence-corrected chi connectivity index (χ2v) is 6.39. The predicted octanol–water partition coefficient (Wildman–Crippen LogP) is 6.08. The molecular formula is C21H34O2. The highest BCUT2D eigenvalue weighted by Gasteiger charge is 2.02. The molecule has 0 radical (unpaired) electrons. The molecule has 0 amide bonds. The van der Waals surface area contributed by atoms with Gasteiger partial charge in [-0.15, -0.1) is 0 Å². The monoisotopic (exact) mass is 318 g/mol. The first kappa shape index (κ1) is 19.7. The molecule has 0 atom stereocenters. The fourth-order valence-corrected chi connectivity index (χ4v) is 2.74. The van der Waals surface area contributed by atoms with Gasteiger partial charge in [-0.3, -0.25) is 4.79 Å². The van der Waals surface area contributed by atoms with Gasteiger partial charge in [0.05, 0.1) is 6.61 Å². The highest BCUT2D eigenvalue weighted by molar-refractivity contribution is 5.69. The summed E-state index contributed by atoms with van der Waals surface area (Å²) in [4.78, 5) is 11.6. The third kappa shape index (κ3) is 11.9. The van der Waals surface area contributed by atoms with Crippen LogP contribution < -0.4 is 0 Å². The Bertz CT molecular complexity index is 386. The summed E-state index contributed by atoms with van der Waals surface area (Å²) in [5.41, 5.74) is 1.39. The number of rotatable bonds is 14. The third-order valence-electron chi connectivity index (χ3n) is 4.20. The molecule has 130 valence electrons. The Balaban J connectivity index is 1.84. The predicted molar refractivity (Wildman–Crippen MR) is 97.6 cm³/mol. The van der Waals surface area contributed by atoms with Crippen molar-refractivity contribution >= 4 is 5.97 Å². The minimum Gasteiger partial charge on any atom is -0.466 e. The van der Waals surface area contributed by atoms with Crippen LogP contribution in [0.1, 0.15) is 83.1 Å². The number of carbonyl (C=O) groups is 1. The molecular weight excluding hydrogens is 284 g/mol. The molecule has 0 spiro atoms. The Kier molecular flexibility index (Phi) is 12.3. The number of unbranched alkanes of at least 4 members (excludes halogenated alkanes) is 8. The van der Waals surface area contributed by atoms with Crippen molar-refractivity contribution in [3.05, 3.63) is 35.9 Å². The van der Waals surface area contributed by atoms with E-state index in [4.69, 9.17) is 4.74 Å². The van der Waals surface area contributed by atoms with Crippen LogP contribution in [0.25, 0.3) is 0 Å². The van der Waals surface area contributed by atoms with Crippen molar-refractivity contribution in [2.75, 3.05) is 6.61 Å². The zero-order chi connectivity index (χ0) is 16.6. The largest absolute Gasteiger partial charge is 0.466 e. The zero-order valence-electron chi connectivity index (χ0n) is 14.9. The molecule has 0 heterocycles. The number of carbonyl (C=O) groups excluding carboxylic acids is 1. The first-order valence-electron chi connectivity index (χ1n) is 9.52. The molecule has 0 bridgehead atoms. The highest BCUT2D eigenvalue weighted by Crippen LogP contribution is 2.09.